The lowest BCUT2D eigenvalue weighted by Gasteiger charge is -2.37. The van der Waals surface area contributed by atoms with Crippen LogP contribution in [-0.2, 0) is 14.8 Å². The van der Waals surface area contributed by atoms with Crippen LogP contribution in [0, 0.1) is 6.92 Å². The van der Waals surface area contributed by atoms with Gasteiger partial charge in [-0.2, -0.15) is 4.31 Å². The maximum atomic E-state index is 13.8. The SMILES string of the molecule is Cc1ccc(S(=O)(=O)N2CCC[C@H]2C(=O)N(C)C2CCC(F)(F)CC2)c(C2=CCCCC2)n1. The highest BCUT2D eigenvalue weighted by molar-refractivity contribution is 7.89. The largest absolute Gasteiger partial charge is 0.341 e. The zero-order valence-electron chi connectivity index (χ0n) is 19.4. The second-order valence-electron chi connectivity index (χ2n) is 9.58. The molecule has 6 nitrogen and oxygen atoms in total. The topological polar surface area (TPSA) is 70.6 Å². The van der Waals surface area contributed by atoms with Crippen molar-refractivity contribution in [2.24, 2.45) is 0 Å². The van der Waals surface area contributed by atoms with Gasteiger partial charge in [0.25, 0.3) is 0 Å². The molecule has 1 aliphatic heterocycles. The molecule has 2 heterocycles. The predicted octanol–water partition coefficient (Wildman–Crippen LogP) is 4.54. The first kappa shape index (κ1) is 24.3. The summed E-state index contributed by atoms with van der Waals surface area (Å²) in [5.74, 6) is -2.98. The molecule has 0 bridgehead atoms. The number of aryl methyl sites for hydroxylation is 1. The van der Waals surface area contributed by atoms with Gasteiger partial charge in [-0.25, -0.2) is 17.2 Å². The Balaban J connectivity index is 1.59. The number of nitrogens with zero attached hydrogens (tertiary/aromatic N) is 3. The van der Waals surface area contributed by atoms with E-state index in [1.165, 1.54) is 9.21 Å². The number of allylic oxidation sites excluding steroid dienone is 2. The van der Waals surface area contributed by atoms with Crippen molar-refractivity contribution in [3.63, 3.8) is 0 Å². The number of aromatic nitrogens is 1. The fraction of sp³-hybridized carbons (Fsp3) is 0.667. The molecule has 0 aromatic carbocycles. The molecule has 2 aliphatic carbocycles. The smallest absolute Gasteiger partial charge is 0.248 e. The first-order chi connectivity index (χ1) is 15.6. The summed E-state index contributed by atoms with van der Waals surface area (Å²) in [6.07, 6.45) is 6.85. The Labute approximate surface area is 195 Å². The predicted molar refractivity (Wildman–Crippen MR) is 122 cm³/mol. The van der Waals surface area contributed by atoms with Gasteiger partial charge in [0.05, 0.1) is 5.69 Å². The molecule has 1 aromatic heterocycles. The molecule has 4 rings (SSSR count). The highest BCUT2D eigenvalue weighted by Gasteiger charge is 2.44. The fourth-order valence-corrected chi connectivity index (χ4v) is 7.08. The van der Waals surface area contributed by atoms with E-state index in [0.717, 1.165) is 37.0 Å². The van der Waals surface area contributed by atoms with Crippen molar-refractivity contribution in [3.8, 4) is 0 Å². The van der Waals surface area contributed by atoms with E-state index in [1.807, 2.05) is 6.92 Å². The van der Waals surface area contributed by atoms with Gasteiger partial charge in [-0.15, -0.1) is 0 Å². The van der Waals surface area contributed by atoms with E-state index < -0.39 is 22.0 Å². The summed E-state index contributed by atoms with van der Waals surface area (Å²) in [5.41, 5.74) is 2.19. The molecule has 0 unspecified atom stereocenters. The van der Waals surface area contributed by atoms with E-state index in [4.69, 9.17) is 0 Å². The third kappa shape index (κ3) is 4.99. The number of amides is 1. The van der Waals surface area contributed by atoms with E-state index in [0.29, 0.717) is 18.5 Å². The van der Waals surface area contributed by atoms with Crippen LogP contribution in [0.1, 0.15) is 75.6 Å². The first-order valence-electron chi connectivity index (χ1n) is 11.9. The lowest BCUT2D eigenvalue weighted by molar-refractivity contribution is -0.138. The van der Waals surface area contributed by atoms with E-state index in [1.54, 1.807) is 19.2 Å². The Hall–Kier alpha value is -1.87. The molecule has 0 spiro atoms. The van der Waals surface area contributed by atoms with Gasteiger partial charge < -0.3 is 4.90 Å². The van der Waals surface area contributed by atoms with Gasteiger partial charge in [0.15, 0.2) is 0 Å². The molecule has 0 radical (unpaired) electrons. The quantitative estimate of drug-likeness (QED) is 0.619. The summed E-state index contributed by atoms with van der Waals surface area (Å²) in [4.78, 5) is 19.6. The zero-order chi connectivity index (χ0) is 23.8. The van der Waals surface area contributed by atoms with Crippen molar-refractivity contribution < 1.29 is 22.0 Å². The average Bonchev–Trinajstić information content (AvgIpc) is 3.29. The number of sulfonamides is 1. The van der Waals surface area contributed by atoms with E-state index in [2.05, 4.69) is 11.1 Å². The lowest BCUT2D eigenvalue weighted by Crippen LogP contribution is -2.50. The number of hydrogen-bond donors (Lipinski definition) is 0. The van der Waals surface area contributed by atoms with Gasteiger partial charge >= 0.3 is 0 Å². The summed E-state index contributed by atoms with van der Waals surface area (Å²) in [7, 11) is -2.33. The minimum absolute atomic E-state index is 0.154. The van der Waals surface area contributed by atoms with Crippen molar-refractivity contribution in [2.45, 2.75) is 94.0 Å². The van der Waals surface area contributed by atoms with Crippen LogP contribution < -0.4 is 0 Å². The second-order valence-corrected chi connectivity index (χ2v) is 11.4. The van der Waals surface area contributed by atoms with E-state index in [-0.39, 0.29) is 49.1 Å². The van der Waals surface area contributed by atoms with Gasteiger partial charge in [-0.1, -0.05) is 6.08 Å². The number of alkyl halides is 2. The minimum atomic E-state index is -3.95. The van der Waals surface area contributed by atoms with Gasteiger partial charge in [-0.05, 0) is 76.0 Å². The van der Waals surface area contributed by atoms with Crippen LogP contribution in [0.2, 0.25) is 0 Å². The standard InChI is InChI=1S/C24H33F2N3O3S/c1-17-10-11-21(22(27-17)18-7-4-3-5-8-18)33(31,32)29-16-6-9-20(29)23(30)28(2)19-12-14-24(25,26)15-13-19/h7,10-11,19-20H,3-6,8-9,12-16H2,1-2H3/t20-/m0/s1. The summed E-state index contributed by atoms with van der Waals surface area (Å²) >= 11 is 0. The Bertz CT molecular complexity index is 1030. The molecule has 1 aromatic rings. The maximum absolute atomic E-state index is 13.8. The number of hydrogen-bond acceptors (Lipinski definition) is 4. The third-order valence-electron chi connectivity index (χ3n) is 7.25. The number of rotatable bonds is 5. The fourth-order valence-electron chi connectivity index (χ4n) is 5.26. The van der Waals surface area contributed by atoms with Crippen LogP contribution in [0.4, 0.5) is 8.78 Å². The zero-order valence-corrected chi connectivity index (χ0v) is 20.2. The molecule has 9 heteroatoms. The molecule has 1 atom stereocenters. The monoisotopic (exact) mass is 481 g/mol. The van der Waals surface area contributed by atoms with Crippen LogP contribution in [0.15, 0.2) is 23.1 Å². The van der Waals surface area contributed by atoms with Crippen molar-refractivity contribution in [2.75, 3.05) is 13.6 Å². The molecule has 1 amide bonds. The van der Waals surface area contributed by atoms with E-state index in [9.17, 15) is 22.0 Å². The highest BCUT2D eigenvalue weighted by Crippen LogP contribution is 2.37. The lowest BCUT2D eigenvalue weighted by atomic mass is 9.91. The second kappa shape index (κ2) is 9.41. The molecule has 182 valence electrons. The van der Waals surface area contributed by atoms with Gasteiger partial charge in [0.2, 0.25) is 21.9 Å². The van der Waals surface area contributed by atoms with Gasteiger partial charge in [0.1, 0.15) is 10.9 Å². The molecule has 1 saturated heterocycles. The maximum Gasteiger partial charge on any atom is 0.248 e. The van der Waals surface area contributed by atoms with Crippen LogP contribution in [-0.4, -0.2) is 60.1 Å². The average molecular weight is 482 g/mol. The summed E-state index contributed by atoms with van der Waals surface area (Å²) in [6, 6.07) is 2.21. The van der Waals surface area contributed by atoms with Crippen LogP contribution in [0.5, 0.6) is 0 Å². The van der Waals surface area contributed by atoms with Crippen LogP contribution >= 0.6 is 0 Å². The number of halogens is 2. The van der Waals surface area contributed by atoms with Gasteiger partial charge in [-0.3, -0.25) is 9.78 Å². The Morgan fingerprint density at radius 1 is 1.15 bits per heavy atom. The Morgan fingerprint density at radius 3 is 2.55 bits per heavy atom. The summed E-state index contributed by atoms with van der Waals surface area (Å²) < 4.78 is 56.0. The molecular formula is C24H33F2N3O3S. The summed E-state index contributed by atoms with van der Waals surface area (Å²) in [6.45, 7) is 2.11. The van der Waals surface area contributed by atoms with Crippen molar-refractivity contribution >= 4 is 21.5 Å². The normalized spacial score (nSPS) is 24.5. The third-order valence-corrected chi connectivity index (χ3v) is 9.19. The van der Waals surface area contributed by atoms with Crippen molar-refractivity contribution in [1.82, 2.24) is 14.2 Å². The number of pyridine rings is 1. The molecule has 3 aliphatic rings. The molecule has 1 saturated carbocycles. The van der Waals surface area contributed by atoms with Crippen LogP contribution in [0.3, 0.4) is 0 Å². The van der Waals surface area contributed by atoms with E-state index >= 15 is 0 Å². The van der Waals surface area contributed by atoms with Crippen LogP contribution in [0.25, 0.3) is 5.57 Å². The molecular weight excluding hydrogens is 448 g/mol. The van der Waals surface area contributed by atoms with Crippen molar-refractivity contribution in [3.05, 3.63) is 29.6 Å². The highest BCUT2D eigenvalue weighted by atomic mass is 32.2. The molecule has 2 fully saturated rings. The van der Waals surface area contributed by atoms with Gasteiger partial charge in [0, 0.05) is 38.2 Å². The number of carbonyl (C=O) groups is 1. The summed E-state index contributed by atoms with van der Waals surface area (Å²) in [5, 5.41) is 0. The minimum Gasteiger partial charge on any atom is -0.341 e. The molecule has 0 N–H and O–H groups in total. The number of likely N-dealkylation sites (N-methyl/N-ethyl adjacent to an activating group) is 1. The van der Waals surface area contributed by atoms with Crippen molar-refractivity contribution in [1.29, 1.82) is 0 Å². The number of carbonyl (C=O) groups excluding carboxylic acids is 1. The molecule has 33 heavy (non-hydrogen) atoms. The Kier molecular flexibility index (Phi) is 6.92. The Morgan fingerprint density at radius 2 is 1.88 bits per heavy atom. The first-order valence-corrected chi connectivity index (χ1v) is 13.4.